The highest BCUT2D eigenvalue weighted by atomic mass is 35.5. The molecule has 1 saturated carbocycles. The van der Waals surface area contributed by atoms with E-state index in [0.29, 0.717) is 34.0 Å². The molecule has 1 amide bonds. The average Bonchev–Trinajstić information content (AvgIpc) is 2.67. The number of carbonyl (C=O) groups excluding carboxylic acids is 2. The van der Waals surface area contributed by atoms with Crippen molar-refractivity contribution in [3.05, 3.63) is 69.2 Å². The first-order chi connectivity index (χ1) is 12.9. The number of hydrogen-bond donors (Lipinski definition) is 1. The van der Waals surface area contributed by atoms with E-state index in [2.05, 4.69) is 12.2 Å². The maximum Gasteiger partial charge on any atom is 0.252 e. The van der Waals surface area contributed by atoms with Crippen LogP contribution in [0.3, 0.4) is 0 Å². The first-order valence-electron chi connectivity index (χ1n) is 9.36. The molecule has 3 rings (SSSR count). The normalized spacial score (nSPS) is 16.0. The lowest BCUT2D eigenvalue weighted by atomic mass is 9.76. The number of amides is 1. The average molecular weight is 404 g/mol. The van der Waals surface area contributed by atoms with Crippen LogP contribution in [-0.2, 0) is 6.42 Å². The highest BCUT2D eigenvalue weighted by molar-refractivity contribution is 6.35. The fourth-order valence-electron chi connectivity index (χ4n) is 3.71. The van der Waals surface area contributed by atoms with Crippen LogP contribution in [0.5, 0.6) is 0 Å². The minimum atomic E-state index is -0.910. The third-order valence-electron chi connectivity index (χ3n) is 5.24. The second kappa shape index (κ2) is 8.45. The van der Waals surface area contributed by atoms with Crippen LogP contribution in [-0.4, -0.2) is 17.2 Å². The van der Waals surface area contributed by atoms with E-state index in [0.717, 1.165) is 25.7 Å². The minimum absolute atomic E-state index is 0.120. The van der Waals surface area contributed by atoms with Crippen LogP contribution >= 0.6 is 23.2 Å². The number of hydrogen-bond acceptors (Lipinski definition) is 2. The second-order valence-electron chi connectivity index (χ2n) is 7.13. The van der Waals surface area contributed by atoms with Crippen molar-refractivity contribution in [1.82, 2.24) is 5.32 Å². The van der Waals surface area contributed by atoms with E-state index in [1.165, 1.54) is 5.56 Å². The van der Waals surface area contributed by atoms with Crippen molar-refractivity contribution in [3.63, 3.8) is 0 Å². The highest BCUT2D eigenvalue weighted by Gasteiger charge is 2.41. The summed E-state index contributed by atoms with van der Waals surface area (Å²) in [5.41, 5.74) is 1.26. The van der Waals surface area contributed by atoms with Gasteiger partial charge in [-0.2, -0.15) is 0 Å². The summed E-state index contributed by atoms with van der Waals surface area (Å²) in [6.45, 7) is 2.07. The van der Waals surface area contributed by atoms with Crippen molar-refractivity contribution >= 4 is 34.9 Å². The van der Waals surface area contributed by atoms with Gasteiger partial charge >= 0.3 is 0 Å². The molecular formula is C22H23Cl2NO2. The Hall–Kier alpha value is -1.84. The number of halogens is 2. The summed E-state index contributed by atoms with van der Waals surface area (Å²) in [4.78, 5) is 26.2. The summed E-state index contributed by atoms with van der Waals surface area (Å²) in [5, 5.41) is 3.88. The van der Waals surface area contributed by atoms with Crippen molar-refractivity contribution in [1.29, 1.82) is 0 Å². The minimum Gasteiger partial charge on any atom is -0.339 e. The molecule has 0 saturated heterocycles. The van der Waals surface area contributed by atoms with E-state index < -0.39 is 5.54 Å². The molecule has 0 heterocycles. The van der Waals surface area contributed by atoms with E-state index in [-0.39, 0.29) is 11.7 Å². The molecule has 1 aliphatic rings. The predicted octanol–water partition coefficient (Wildman–Crippen LogP) is 5.87. The van der Waals surface area contributed by atoms with Crippen LogP contribution in [0.4, 0.5) is 0 Å². The monoisotopic (exact) mass is 403 g/mol. The zero-order valence-corrected chi connectivity index (χ0v) is 16.9. The smallest absolute Gasteiger partial charge is 0.252 e. The zero-order chi connectivity index (χ0) is 19.4. The van der Waals surface area contributed by atoms with E-state index in [1.807, 2.05) is 24.3 Å². The molecule has 1 fully saturated rings. The molecular weight excluding hydrogens is 381 g/mol. The molecule has 0 unspecified atom stereocenters. The van der Waals surface area contributed by atoms with E-state index in [9.17, 15) is 9.59 Å². The van der Waals surface area contributed by atoms with Crippen LogP contribution in [0.2, 0.25) is 10.0 Å². The first-order valence-corrected chi connectivity index (χ1v) is 10.1. The van der Waals surface area contributed by atoms with Gasteiger partial charge in [0.2, 0.25) is 0 Å². The van der Waals surface area contributed by atoms with Gasteiger partial charge in [-0.1, -0.05) is 61.5 Å². The maximum absolute atomic E-state index is 13.4. The molecule has 0 spiro atoms. The van der Waals surface area contributed by atoms with Crippen molar-refractivity contribution < 1.29 is 9.59 Å². The van der Waals surface area contributed by atoms with E-state index in [1.54, 1.807) is 18.2 Å². The lowest BCUT2D eigenvalue weighted by Crippen LogP contribution is -2.55. The Morgan fingerprint density at radius 1 is 0.926 bits per heavy atom. The molecule has 27 heavy (non-hydrogen) atoms. The Balaban J connectivity index is 1.89. The molecule has 0 aliphatic heterocycles. The van der Waals surface area contributed by atoms with Crippen LogP contribution in [0.25, 0.3) is 0 Å². The van der Waals surface area contributed by atoms with Crippen molar-refractivity contribution in [2.75, 3.05) is 0 Å². The summed E-state index contributed by atoms with van der Waals surface area (Å²) in [6, 6.07) is 12.4. The Bertz CT molecular complexity index is 820. The van der Waals surface area contributed by atoms with Gasteiger partial charge in [-0.15, -0.1) is 0 Å². The lowest BCUT2D eigenvalue weighted by Gasteiger charge is -2.37. The molecule has 142 valence electrons. The Morgan fingerprint density at radius 3 is 2.07 bits per heavy atom. The van der Waals surface area contributed by atoms with Gasteiger partial charge in [-0.05, 0) is 55.2 Å². The summed E-state index contributed by atoms with van der Waals surface area (Å²) in [5.74, 6) is -0.342. The van der Waals surface area contributed by atoms with Crippen molar-refractivity contribution in [2.45, 2.75) is 51.0 Å². The van der Waals surface area contributed by atoms with E-state index in [4.69, 9.17) is 23.2 Å². The van der Waals surface area contributed by atoms with Gasteiger partial charge in [0.1, 0.15) is 5.54 Å². The van der Waals surface area contributed by atoms with Crippen LogP contribution in [0.1, 0.15) is 65.3 Å². The van der Waals surface area contributed by atoms with Gasteiger partial charge < -0.3 is 5.32 Å². The van der Waals surface area contributed by atoms with Crippen LogP contribution < -0.4 is 5.32 Å². The van der Waals surface area contributed by atoms with Gasteiger partial charge in [-0.25, -0.2) is 0 Å². The molecule has 3 nitrogen and oxygen atoms in total. The Labute approximate surface area is 170 Å². The highest BCUT2D eigenvalue weighted by Crippen LogP contribution is 2.33. The van der Waals surface area contributed by atoms with Gasteiger partial charge in [0.05, 0.1) is 0 Å². The van der Waals surface area contributed by atoms with Gasteiger partial charge in [0.25, 0.3) is 5.91 Å². The fourth-order valence-corrected chi connectivity index (χ4v) is 4.23. The molecule has 0 atom stereocenters. The number of Topliss-reactive ketones (excluding diaryl/α,β-unsaturated/α-hetero) is 1. The van der Waals surface area contributed by atoms with Gasteiger partial charge in [-0.3, -0.25) is 9.59 Å². The van der Waals surface area contributed by atoms with E-state index >= 15 is 0 Å². The first kappa shape index (κ1) is 19.9. The number of nitrogens with one attached hydrogen (secondary N) is 1. The second-order valence-corrected chi connectivity index (χ2v) is 8.01. The molecule has 2 aromatic rings. The standard InChI is InChI=1S/C22H23Cl2NO2/c1-2-15-6-8-16(9-7-15)21(27)25-22(10-4-3-5-11-22)20(26)17-12-18(23)14-19(24)13-17/h6-9,12-14H,2-5,10-11H2,1H3,(H,25,27). The third kappa shape index (κ3) is 4.53. The fraction of sp³-hybridized carbons (Fsp3) is 0.364. The zero-order valence-electron chi connectivity index (χ0n) is 15.4. The number of ketones is 1. The SMILES string of the molecule is CCc1ccc(C(=O)NC2(C(=O)c3cc(Cl)cc(Cl)c3)CCCCC2)cc1. The van der Waals surface area contributed by atoms with Gasteiger partial charge in [0, 0.05) is 21.2 Å². The quantitative estimate of drug-likeness (QED) is 0.634. The van der Waals surface area contributed by atoms with Gasteiger partial charge in [0.15, 0.2) is 5.78 Å². The number of rotatable bonds is 5. The Kier molecular flexibility index (Phi) is 6.23. The van der Waals surface area contributed by atoms with Crippen molar-refractivity contribution in [2.24, 2.45) is 0 Å². The summed E-state index contributed by atoms with van der Waals surface area (Å²) in [7, 11) is 0. The lowest BCUT2D eigenvalue weighted by molar-refractivity contribution is 0.0714. The molecule has 1 N–H and O–H groups in total. The molecule has 1 aliphatic carbocycles. The van der Waals surface area contributed by atoms with Crippen LogP contribution in [0.15, 0.2) is 42.5 Å². The molecule has 0 aromatic heterocycles. The third-order valence-corrected chi connectivity index (χ3v) is 5.68. The largest absolute Gasteiger partial charge is 0.339 e. The number of benzene rings is 2. The molecule has 2 aromatic carbocycles. The molecule has 5 heteroatoms. The number of aryl methyl sites for hydroxylation is 1. The molecule has 0 bridgehead atoms. The Morgan fingerprint density at radius 2 is 1.52 bits per heavy atom. The predicted molar refractivity (Wildman–Crippen MR) is 110 cm³/mol. The summed E-state index contributed by atoms with van der Waals surface area (Å²) in [6.07, 6.45) is 5.01. The molecule has 0 radical (unpaired) electrons. The van der Waals surface area contributed by atoms with Crippen LogP contribution in [0, 0.1) is 0 Å². The summed E-state index contributed by atoms with van der Waals surface area (Å²) < 4.78 is 0. The number of carbonyl (C=O) groups is 2. The topological polar surface area (TPSA) is 46.2 Å². The van der Waals surface area contributed by atoms with Crippen molar-refractivity contribution in [3.8, 4) is 0 Å². The maximum atomic E-state index is 13.4. The summed E-state index contributed by atoms with van der Waals surface area (Å²) >= 11 is 12.2.